The molecule has 2 nitrogen and oxygen atoms in total. The molecule has 2 heteroatoms. The van der Waals surface area contributed by atoms with Gasteiger partial charge in [0.05, 0.1) is 5.41 Å². The highest BCUT2D eigenvalue weighted by molar-refractivity contribution is 5.76. The average molecular weight is 397 g/mol. The van der Waals surface area contributed by atoms with Crippen molar-refractivity contribution in [1.29, 1.82) is 0 Å². The number of aliphatic carboxylic acids is 1. The molecule has 0 saturated heterocycles. The van der Waals surface area contributed by atoms with Gasteiger partial charge in [0.25, 0.3) is 0 Å². The van der Waals surface area contributed by atoms with Crippen molar-refractivity contribution in [2.24, 2.45) is 16.2 Å². The van der Waals surface area contributed by atoms with Gasteiger partial charge in [-0.3, -0.25) is 4.79 Å². The van der Waals surface area contributed by atoms with Crippen LogP contribution in [0.4, 0.5) is 0 Å². The normalized spacial score (nSPS) is 13.1. The molecule has 28 heavy (non-hydrogen) atoms. The molecule has 0 bridgehead atoms. The number of rotatable bonds is 18. The minimum Gasteiger partial charge on any atom is -0.481 e. The average Bonchev–Trinajstić information content (AvgIpc) is 2.65. The van der Waals surface area contributed by atoms with Gasteiger partial charge in [-0.25, -0.2) is 0 Å². The fourth-order valence-electron chi connectivity index (χ4n) is 6.94. The Balaban J connectivity index is 7.01. The Kier molecular flexibility index (Phi) is 13.4. The summed E-state index contributed by atoms with van der Waals surface area (Å²) in [6.45, 7) is 15.8. The fraction of sp³-hybridized carbons (Fsp3) is 0.962. The van der Waals surface area contributed by atoms with E-state index in [9.17, 15) is 9.90 Å². The first-order valence-electron chi connectivity index (χ1n) is 12.6. The van der Waals surface area contributed by atoms with E-state index < -0.39 is 11.4 Å². The largest absolute Gasteiger partial charge is 0.481 e. The Morgan fingerprint density at radius 3 is 1.25 bits per heavy atom. The fourth-order valence-corrected chi connectivity index (χ4v) is 6.94. The molecule has 0 aliphatic heterocycles. The van der Waals surface area contributed by atoms with E-state index in [0.717, 1.165) is 64.2 Å². The lowest BCUT2D eigenvalue weighted by Gasteiger charge is -2.61. The molecule has 0 heterocycles. The highest BCUT2D eigenvalue weighted by atomic mass is 16.4. The van der Waals surface area contributed by atoms with Crippen LogP contribution in [-0.2, 0) is 4.79 Å². The van der Waals surface area contributed by atoms with Gasteiger partial charge < -0.3 is 5.11 Å². The van der Waals surface area contributed by atoms with Crippen molar-refractivity contribution in [2.75, 3.05) is 0 Å². The first kappa shape index (κ1) is 27.5. The molecule has 0 aliphatic rings. The standard InChI is InChI=1S/C26H52O2/c1-8-15-22-24(16-9-2,17-10-3)26(20-13-6,21-14-7)25(18-11-4,19-12-5)23(27)28/h8-22H2,1-7H3,(H,27,28). The van der Waals surface area contributed by atoms with E-state index in [2.05, 4.69) is 48.5 Å². The molecule has 0 unspecified atom stereocenters. The van der Waals surface area contributed by atoms with Gasteiger partial charge in [-0.05, 0) is 55.8 Å². The van der Waals surface area contributed by atoms with Crippen molar-refractivity contribution in [3.05, 3.63) is 0 Å². The molecule has 0 spiro atoms. The predicted molar refractivity (Wildman–Crippen MR) is 124 cm³/mol. The molecule has 0 aliphatic carbocycles. The van der Waals surface area contributed by atoms with Crippen LogP contribution in [0.25, 0.3) is 0 Å². The van der Waals surface area contributed by atoms with Crippen molar-refractivity contribution >= 4 is 5.97 Å². The maximum Gasteiger partial charge on any atom is 0.310 e. The van der Waals surface area contributed by atoms with Crippen LogP contribution in [0.15, 0.2) is 0 Å². The van der Waals surface area contributed by atoms with Crippen LogP contribution in [0.1, 0.15) is 145 Å². The lowest BCUT2D eigenvalue weighted by Crippen LogP contribution is -2.57. The monoisotopic (exact) mass is 396 g/mol. The van der Waals surface area contributed by atoms with E-state index in [1.165, 1.54) is 32.1 Å². The molecule has 0 rings (SSSR count). The van der Waals surface area contributed by atoms with Crippen LogP contribution in [0.3, 0.4) is 0 Å². The zero-order valence-electron chi connectivity index (χ0n) is 20.5. The summed E-state index contributed by atoms with van der Waals surface area (Å²) in [7, 11) is 0. The van der Waals surface area contributed by atoms with Crippen molar-refractivity contribution in [3.63, 3.8) is 0 Å². The molecule has 0 fully saturated rings. The van der Waals surface area contributed by atoms with Crippen LogP contribution in [0.5, 0.6) is 0 Å². The van der Waals surface area contributed by atoms with Gasteiger partial charge in [0.15, 0.2) is 0 Å². The van der Waals surface area contributed by atoms with Crippen LogP contribution in [0.2, 0.25) is 0 Å². The minimum atomic E-state index is -0.583. The van der Waals surface area contributed by atoms with Gasteiger partial charge in [-0.2, -0.15) is 0 Å². The van der Waals surface area contributed by atoms with E-state index in [1.807, 2.05) is 0 Å². The third-order valence-electron chi connectivity index (χ3n) is 7.51. The number of carbonyl (C=O) groups is 1. The van der Waals surface area contributed by atoms with E-state index in [1.54, 1.807) is 0 Å². The highest BCUT2D eigenvalue weighted by Gasteiger charge is 2.62. The zero-order valence-corrected chi connectivity index (χ0v) is 20.5. The van der Waals surface area contributed by atoms with E-state index >= 15 is 0 Å². The molecular formula is C26H52O2. The Labute approximate surface area is 177 Å². The lowest BCUT2D eigenvalue weighted by atomic mass is 9.42. The van der Waals surface area contributed by atoms with Crippen molar-refractivity contribution in [1.82, 2.24) is 0 Å². The van der Waals surface area contributed by atoms with E-state index in [0.29, 0.717) is 0 Å². The van der Waals surface area contributed by atoms with E-state index in [-0.39, 0.29) is 10.8 Å². The summed E-state index contributed by atoms with van der Waals surface area (Å²) in [5, 5.41) is 10.8. The van der Waals surface area contributed by atoms with Gasteiger partial charge in [0, 0.05) is 0 Å². The summed E-state index contributed by atoms with van der Waals surface area (Å²) in [4.78, 5) is 13.1. The van der Waals surface area contributed by atoms with E-state index in [4.69, 9.17) is 0 Å². The molecule has 0 aromatic carbocycles. The summed E-state index contributed by atoms with van der Waals surface area (Å²) in [5.41, 5.74) is -0.523. The summed E-state index contributed by atoms with van der Waals surface area (Å²) in [6.07, 6.45) is 16.2. The molecule has 0 saturated carbocycles. The number of carboxylic acids is 1. The first-order chi connectivity index (χ1) is 13.4. The van der Waals surface area contributed by atoms with Crippen LogP contribution in [-0.4, -0.2) is 11.1 Å². The molecule has 0 atom stereocenters. The number of hydrogen-bond acceptors (Lipinski definition) is 1. The Bertz CT molecular complexity index is 395. The second-order valence-corrected chi connectivity index (χ2v) is 9.35. The minimum absolute atomic E-state index is 0.0947. The molecule has 0 radical (unpaired) electrons. The number of hydrogen-bond donors (Lipinski definition) is 1. The second kappa shape index (κ2) is 13.6. The molecular weight excluding hydrogens is 344 g/mol. The van der Waals surface area contributed by atoms with Crippen LogP contribution >= 0.6 is 0 Å². The summed E-state index contributed by atoms with van der Waals surface area (Å²) < 4.78 is 0. The molecule has 0 amide bonds. The number of unbranched alkanes of at least 4 members (excludes halogenated alkanes) is 1. The Morgan fingerprint density at radius 2 is 0.964 bits per heavy atom. The lowest BCUT2D eigenvalue weighted by molar-refractivity contribution is -0.183. The molecule has 168 valence electrons. The second-order valence-electron chi connectivity index (χ2n) is 9.35. The van der Waals surface area contributed by atoms with Crippen LogP contribution in [0, 0.1) is 16.2 Å². The predicted octanol–water partition coefficient (Wildman–Crippen LogP) is 9.02. The smallest absolute Gasteiger partial charge is 0.310 e. The zero-order chi connectivity index (χ0) is 21.7. The molecule has 0 aromatic rings. The Morgan fingerprint density at radius 1 is 0.571 bits per heavy atom. The van der Waals surface area contributed by atoms with Gasteiger partial charge in [0.1, 0.15) is 0 Å². The molecule has 1 N–H and O–H groups in total. The van der Waals surface area contributed by atoms with Gasteiger partial charge in [0.2, 0.25) is 0 Å². The quantitative estimate of drug-likeness (QED) is 0.251. The molecule has 0 aromatic heterocycles. The van der Waals surface area contributed by atoms with Gasteiger partial charge in [-0.1, -0.05) is 99.8 Å². The van der Waals surface area contributed by atoms with Crippen LogP contribution < -0.4 is 0 Å². The summed E-state index contributed by atoms with van der Waals surface area (Å²) in [6, 6.07) is 0. The Hall–Kier alpha value is -0.530. The maximum atomic E-state index is 13.1. The number of carboxylic acid groups (broad SMARTS) is 1. The maximum absolute atomic E-state index is 13.1. The SMILES string of the molecule is CCCCC(CCC)(CCC)C(CCC)(CCC)C(CCC)(CCC)C(=O)O. The highest BCUT2D eigenvalue weighted by Crippen LogP contribution is 2.66. The summed E-state index contributed by atoms with van der Waals surface area (Å²) >= 11 is 0. The summed E-state index contributed by atoms with van der Waals surface area (Å²) in [5.74, 6) is -0.508. The third kappa shape index (κ3) is 5.54. The topological polar surface area (TPSA) is 37.3 Å². The van der Waals surface area contributed by atoms with Gasteiger partial charge in [-0.15, -0.1) is 0 Å². The van der Waals surface area contributed by atoms with Crippen molar-refractivity contribution in [3.8, 4) is 0 Å². The first-order valence-corrected chi connectivity index (χ1v) is 12.6. The third-order valence-corrected chi connectivity index (χ3v) is 7.51. The van der Waals surface area contributed by atoms with Gasteiger partial charge >= 0.3 is 5.97 Å². The van der Waals surface area contributed by atoms with Crippen molar-refractivity contribution < 1.29 is 9.90 Å². The van der Waals surface area contributed by atoms with Crippen molar-refractivity contribution in [2.45, 2.75) is 145 Å².